The van der Waals surface area contributed by atoms with E-state index in [9.17, 15) is 4.79 Å². The number of anilines is 3. The Hall–Kier alpha value is -3.51. The molecule has 5 rings (SSSR count). The Labute approximate surface area is 188 Å². The largest absolute Gasteiger partial charge is 0.494 e. The van der Waals surface area contributed by atoms with E-state index in [1.54, 1.807) is 0 Å². The molecular weight excluding hydrogens is 402 g/mol. The van der Waals surface area contributed by atoms with E-state index in [1.165, 1.54) is 0 Å². The Bertz CT molecular complexity index is 1080. The average Bonchev–Trinajstić information content (AvgIpc) is 2.85. The van der Waals surface area contributed by atoms with Crippen LogP contribution in [0.15, 0.2) is 72.8 Å². The lowest BCUT2D eigenvalue weighted by molar-refractivity contribution is 0.0975. The Morgan fingerprint density at radius 3 is 2.34 bits per heavy atom. The van der Waals surface area contributed by atoms with Gasteiger partial charge in [0.15, 0.2) is 0 Å². The molecule has 2 heterocycles. The summed E-state index contributed by atoms with van der Waals surface area (Å²) in [6.45, 7) is 5.83. The third kappa shape index (κ3) is 3.89. The summed E-state index contributed by atoms with van der Waals surface area (Å²) in [6.07, 6.45) is -0.317. The van der Waals surface area contributed by atoms with Crippen molar-refractivity contribution in [3.63, 3.8) is 0 Å². The molecule has 0 unspecified atom stereocenters. The Kier molecular flexibility index (Phi) is 5.69. The zero-order valence-electron chi connectivity index (χ0n) is 18.2. The predicted molar refractivity (Wildman–Crippen MR) is 127 cm³/mol. The average molecular weight is 430 g/mol. The minimum atomic E-state index is -0.317. The fraction of sp³-hybridized carbons (Fsp3) is 0.269. The summed E-state index contributed by atoms with van der Waals surface area (Å²) >= 11 is 0. The molecule has 6 nitrogen and oxygen atoms in total. The quantitative estimate of drug-likeness (QED) is 0.638. The molecule has 1 fully saturated rings. The molecule has 3 aromatic carbocycles. The molecule has 1 amide bonds. The molecule has 32 heavy (non-hydrogen) atoms. The number of morpholine rings is 1. The minimum Gasteiger partial charge on any atom is -0.494 e. The topological polar surface area (TPSA) is 54.0 Å². The summed E-state index contributed by atoms with van der Waals surface area (Å²) in [5.74, 6) is 0.803. The fourth-order valence-corrected chi connectivity index (χ4v) is 4.31. The van der Waals surface area contributed by atoms with Crippen molar-refractivity contribution in [3.05, 3.63) is 83.9 Å². The Morgan fingerprint density at radius 2 is 1.62 bits per heavy atom. The second-order valence-corrected chi connectivity index (χ2v) is 7.89. The van der Waals surface area contributed by atoms with Crippen molar-refractivity contribution < 1.29 is 14.3 Å². The van der Waals surface area contributed by atoms with Crippen molar-refractivity contribution in [1.82, 2.24) is 0 Å². The number of benzene rings is 3. The minimum absolute atomic E-state index is 0.0163. The third-order valence-electron chi connectivity index (χ3n) is 5.94. The first-order valence-corrected chi connectivity index (χ1v) is 11.1. The third-order valence-corrected chi connectivity index (χ3v) is 5.94. The lowest BCUT2D eigenvalue weighted by atomic mass is 10.0. The number of rotatable bonds is 5. The van der Waals surface area contributed by atoms with Crippen LogP contribution in [0.5, 0.6) is 5.75 Å². The number of para-hydroxylation sites is 1. The second-order valence-electron chi connectivity index (χ2n) is 7.89. The summed E-state index contributed by atoms with van der Waals surface area (Å²) in [5, 5.41) is 3.56. The van der Waals surface area contributed by atoms with Gasteiger partial charge in [-0.1, -0.05) is 24.3 Å². The van der Waals surface area contributed by atoms with Crippen LogP contribution in [0.4, 0.5) is 17.1 Å². The van der Waals surface area contributed by atoms with E-state index >= 15 is 0 Å². The number of hydrogen-bond donors (Lipinski definition) is 1. The van der Waals surface area contributed by atoms with Crippen LogP contribution in [0.3, 0.4) is 0 Å². The van der Waals surface area contributed by atoms with Gasteiger partial charge in [-0.15, -0.1) is 0 Å². The number of carbonyl (C=O) groups excluding carboxylic acids is 1. The van der Waals surface area contributed by atoms with Gasteiger partial charge < -0.3 is 19.7 Å². The molecule has 164 valence electrons. The number of ether oxygens (including phenoxy) is 2. The van der Waals surface area contributed by atoms with E-state index in [0.717, 1.165) is 54.7 Å². The lowest BCUT2D eigenvalue weighted by Gasteiger charge is -2.38. The van der Waals surface area contributed by atoms with Crippen LogP contribution in [0.1, 0.15) is 29.0 Å². The van der Waals surface area contributed by atoms with Crippen LogP contribution in [0.25, 0.3) is 0 Å². The number of fused-ring (bicyclic) bond motifs is 1. The zero-order valence-corrected chi connectivity index (χ0v) is 18.2. The molecule has 6 heteroatoms. The van der Waals surface area contributed by atoms with Gasteiger partial charge in [0, 0.05) is 30.2 Å². The van der Waals surface area contributed by atoms with Crippen molar-refractivity contribution in [1.29, 1.82) is 0 Å². The first kappa shape index (κ1) is 20.4. The molecule has 3 aromatic rings. The molecule has 1 N–H and O–H groups in total. The van der Waals surface area contributed by atoms with E-state index in [-0.39, 0.29) is 12.1 Å². The number of nitrogens with one attached hydrogen (secondary N) is 1. The monoisotopic (exact) mass is 429 g/mol. The van der Waals surface area contributed by atoms with Gasteiger partial charge in [-0.05, 0) is 61.0 Å². The van der Waals surface area contributed by atoms with Gasteiger partial charge in [-0.2, -0.15) is 0 Å². The van der Waals surface area contributed by atoms with Crippen molar-refractivity contribution in [3.8, 4) is 5.75 Å². The molecule has 0 aliphatic carbocycles. The van der Waals surface area contributed by atoms with E-state index < -0.39 is 0 Å². The first-order chi connectivity index (χ1) is 15.7. The van der Waals surface area contributed by atoms with Crippen molar-refractivity contribution in [2.45, 2.75) is 13.1 Å². The second kappa shape index (κ2) is 8.93. The van der Waals surface area contributed by atoms with Crippen LogP contribution in [0, 0.1) is 0 Å². The SMILES string of the molecule is CCOc1ccc([C@H]2Nc3ccccc3C(=O)N2c2ccc(N3CCOCC3)cc2)cc1. The van der Waals surface area contributed by atoms with Gasteiger partial charge in [0.25, 0.3) is 5.91 Å². The molecule has 0 spiro atoms. The van der Waals surface area contributed by atoms with Gasteiger partial charge >= 0.3 is 0 Å². The Morgan fingerprint density at radius 1 is 0.938 bits per heavy atom. The number of nitrogens with zero attached hydrogens (tertiary/aromatic N) is 2. The number of amides is 1. The van der Waals surface area contributed by atoms with Gasteiger partial charge in [0.05, 0.1) is 25.4 Å². The maximum absolute atomic E-state index is 13.6. The summed E-state index contributed by atoms with van der Waals surface area (Å²) in [7, 11) is 0. The molecule has 0 aromatic heterocycles. The van der Waals surface area contributed by atoms with Gasteiger partial charge in [0.1, 0.15) is 11.9 Å². The van der Waals surface area contributed by atoms with Crippen molar-refractivity contribution in [2.24, 2.45) is 0 Å². The van der Waals surface area contributed by atoms with E-state index in [1.807, 2.05) is 72.5 Å². The molecule has 0 saturated carbocycles. The standard InChI is InChI=1S/C26H27N3O3/c1-2-32-22-13-7-19(8-14-22)25-27-24-6-4-3-5-23(24)26(30)29(25)21-11-9-20(10-12-21)28-15-17-31-18-16-28/h3-14,25,27H,2,15-18H2,1H3/t25-/m0/s1. The van der Waals surface area contributed by atoms with Crippen LogP contribution in [-0.4, -0.2) is 38.8 Å². The molecule has 1 saturated heterocycles. The van der Waals surface area contributed by atoms with Crippen LogP contribution >= 0.6 is 0 Å². The highest BCUT2D eigenvalue weighted by Gasteiger charge is 2.34. The molecule has 0 bridgehead atoms. The number of hydrogen-bond acceptors (Lipinski definition) is 5. The highest BCUT2D eigenvalue weighted by molar-refractivity contribution is 6.12. The maximum Gasteiger partial charge on any atom is 0.262 e. The van der Waals surface area contributed by atoms with Crippen LogP contribution < -0.4 is 19.9 Å². The summed E-state index contributed by atoms with van der Waals surface area (Å²) in [6, 6.07) is 23.8. The van der Waals surface area contributed by atoms with Gasteiger partial charge in [-0.3, -0.25) is 9.69 Å². The van der Waals surface area contributed by atoms with Crippen molar-refractivity contribution in [2.75, 3.05) is 48.0 Å². The smallest absolute Gasteiger partial charge is 0.262 e. The summed E-state index contributed by atoms with van der Waals surface area (Å²) in [5.41, 5.74) is 4.51. The summed E-state index contributed by atoms with van der Waals surface area (Å²) in [4.78, 5) is 17.7. The van der Waals surface area contributed by atoms with Crippen LogP contribution in [0.2, 0.25) is 0 Å². The normalized spacial score (nSPS) is 18.2. The van der Waals surface area contributed by atoms with E-state index in [0.29, 0.717) is 12.2 Å². The molecule has 2 aliphatic rings. The fourth-order valence-electron chi connectivity index (χ4n) is 4.31. The molecule has 0 radical (unpaired) electrons. The molecular formula is C26H27N3O3. The van der Waals surface area contributed by atoms with Crippen molar-refractivity contribution >= 4 is 23.0 Å². The lowest BCUT2D eigenvalue weighted by Crippen LogP contribution is -2.43. The predicted octanol–water partition coefficient (Wildman–Crippen LogP) is 4.69. The highest BCUT2D eigenvalue weighted by atomic mass is 16.5. The highest BCUT2D eigenvalue weighted by Crippen LogP contribution is 2.37. The van der Waals surface area contributed by atoms with Crippen LogP contribution in [-0.2, 0) is 4.74 Å². The van der Waals surface area contributed by atoms with Gasteiger partial charge in [-0.25, -0.2) is 0 Å². The number of carbonyl (C=O) groups is 1. The zero-order chi connectivity index (χ0) is 21.9. The maximum atomic E-state index is 13.6. The Balaban J connectivity index is 1.50. The molecule has 2 aliphatic heterocycles. The summed E-state index contributed by atoms with van der Waals surface area (Å²) < 4.78 is 11.1. The van der Waals surface area contributed by atoms with E-state index in [4.69, 9.17) is 9.47 Å². The van der Waals surface area contributed by atoms with Gasteiger partial charge in [0.2, 0.25) is 0 Å². The van der Waals surface area contributed by atoms with E-state index in [2.05, 4.69) is 22.3 Å². The first-order valence-electron chi connectivity index (χ1n) is 11.1. The molecule has 1 atom stereocenters.